The minimum Gasteiger partial charge on any atom is -0.354 e. The molecular weight excluding hydrogens is 190 g/mol. The zero-order valence-corrected chi connectivity index (χ0v) is 10.0. The lowest BCUT2D eigenvalue weighted by Crippen LogP contribution is -2.51. The molecule has 0 spiro atoms. The van der Waals surface area contributed by atoms with E-state index in [4.69, 9.17) is 5.73 Å². The number of rotatable bonds is 3. The van der Waals surface area contributed by atoms with Gasteiger partial charge < -0.3 is 16.0 Å². The van der Waals surface area contributed by atoms with Crippen molar-refractivity contribution in [3.63, 3.8) is 0 Å². The first-order valence-electron chi connectivity index (χ1n) is 5.65. The van der Waals surface area contributed by atoms with Gasteiger partial charge in [0, 0.05) is 13.1 Å². The summed E-state index contributed by atoms with van der Waals surface area (Å²) in [6.07, 6.45) is 2.43. The Labute approximate surface area is 92.2 Å². The van der Waals surface area contributed by atoms with E-state index in [1.165, 1.54) is 19.4 Å². The van der Waals surface area contributed by atoms with Crippen molar-refractivity contribution in [2.24, 2.45) is 11.7 Å². The summed E-state index contributed by atoms with van der Waals surface area (Å²) in [5, 5.41) is 2.92. The maximum absolute atomic E-state index is 11.5. The van der Waals surface area contributed by atoms with Crippen molar-refractivity contribution in [2.75, 3.05) is 26.7 Å². The summed E-state index contributed by atoms with van der Waals surface area (Å²) in [5.74, 6) is 0.519. The first kappa shape index (κ1) is 12.5. The van der Waals surface area contributed by atoms with E-state index in [0.717, 1.165) is 13.1 Å². The molecule has 1 aliphatic rings. The second-order valence-corrected chi connectivity index (χ2v) is 5.20. The highest BCUT2D eigenvalue weighted by atomic mass is 16.2. The van der Waals surface area contributed by atoms with Crippen LogP contribution in [0.15, 0.2) is 0 Å². The van der Waals surface area contributed by atoms with E-state index in [1.807, 2.05) is 0 Å². The molecule has 0 bridgehead atoms. The standard InChI is InChI=1S/C11H23N3O/c1-11(2,12)10(15)13-7-9-5-4-6-14(3)8-9/h9H,4-8,12H2,1-3H3,(H,13,15). The van der Waals surface area contributed by atoms with Gasteiger partial charge in [0.25, 0.3) is 0 Å². The van der Waals surface area contributed by atoms with E-state index in [9.17, 15) is 4.79 Å². The highest BCUT2D eigenvalue weighted by molar-refractivity contribution is 5.84. The number of piperidine rings is 1. The topological polar surface area (TPSA) is 58.4 Å². The van der Waals surface area contributed by atoms with Gasteiger partial charge in [0.2, 0.25) is 5.91 Å². The van der Waals surface area contributed by atoms with Crippen molar-refractivity contribution < 1.29 is 4.79 Å². The van der Waals surface area contributed by atoms with Gasteiger partial charge in [-0.25, -0.2) is 0 Å². The number of nitrogens with one attached hydrogen (secondary N) is 1. The van der Waals surface area contributed by atoms with Gasteiger partial charge in [-0.2, -0.15) is 0 Å². The highest BCUT2D eigenvalue weighted by Crippen LogP contribution is 2.14. The minimum absolute atomic E-state index is 0.0595. The van der Waals surface area contributed by atoms with Crippen LogP contribution in [-0.4, -0.2) is 43.0 Å². The molecule has 0 radical (unpaired) electrons. The average Bonchev–Trinajstić information content (AvgIpc) is 2.12. The summed E-state index contributed by atoms with van der Waals surface area (Å²) < 4.78 is 0. The van der Waals surface area contributed by atoms with Gasteiger partial charge in [-0.3, -0.25) is 4.79 Å². The van der Waals surface area contributed by atoms with Crippen LogP contribution < -0.4 is 11.1 Å². The van der Waals surface area contributed by atoms with Crippen LogP contribution in [0.5, 0.6) is 0 Å². The third-order valence-electron chi connectivity index (χ3n) is 2.86. The maximum Gasteiger partial charge on any atom is 0.239 e. The van der Waals surface area contributed by atoms with Crippen LogP contribution in [-0.2, 0) is 4.79 Å². The van der Waals surface area contributed by atoms with Crippen molar-refractivity contribution in [2.45, 2.75) is 32.2 Å². The summed E-state index contributed by atoms with van der Waals surface area (Å²) in [6.45, 7) is 6.46. The van der Waals surface area contributed by atoms with Crippen LogP contribution in [0.2, 0.25) is 0 Å². The average molecular weight is 213 g/mol. The van der Waals surface area contributed by atoms with E-state index >= 15 is 0 Å². The van der Waals surface area contributed by atoms with Crippen LogP contribution in [0, 0.1) is 5.92 Å². The smallest absolute Gasteiger partial charge is 0.239 e. The number of carbonyl (C=O) groups is 1. The number of likely N-dealkylation sites (tertiary alicyclic amines) is 1. The molecule has 0 aromatic carbocycles. The van der Waals surface area contributed by atoms with Crippen LogP contribution >= 0.6 is 0 Å². The molecule has 1 atom stereocenters. The van der Waals surface area contributed by atoms with E-state index in [-0.39, 0.29) is 5.91 Å². The molecule has 88 valence electrons. The Hall–Kier alpha value is -0.610. The number of nitrogens with zero attached hydrogens (tertiary/aromatic N) is 1. The Bertz CT molecular complexity index is 222. The Morgan fingerprint density at radius 2 is 2.27 bits per heavy atom. The normalized spacial score (nSPS) is 23.9. The van der Waals surface area contributed by atoms with Gasteiger partial charge in [-0.05, 0) is 46.2 Å². The fraction of sp³-hybridized carbons (Fsp3) is 0.909. The van der Waals surface area contributed by atoms with Crippen LogP contribution in [0.3, 0.4) is 0 Å². The van der Waals surface area contributed by atoms with Gasteiger partial charge in [-0.1, -0.05) is 0 Å². The zero-order chi connectivity index (χ0) is 11.5. The fourth-order valence-corrected chi connectivity index (χ4v) is 1.90. The van der Waals surface area contributed by atoms with Crippen molar-refractivity contribution >= 4 is 5.91 Å². The van der Waals surface area contributed by atoms with Gasteiger partial charge in [0.05, 0.1) is 5.54 Å². The van der Waals surface area contributed by atoms with E-state index in [1.54, 1.807) is 13.8 Å². The highest BCUT2D eigenvalue weighted by Gasteiger charge is 2.23. The Morgan fingerprint density at radius 3 is 2.80 bits per heavy atom. The zero-order valence-electron chi connectivity index (χ0n) is 10.0. The first-order chi connectivity index (χ1) is 6.89. The van der Waals surface area contributed by atoms with Crippen molar-refractivity contribution in [1.82, 2.24) is 10.2 Å². The van der Waals surface area contributed by atoms with Crippen molar-refractivity contribution in [3.05, 3.63) is 0 Å². The lowest BCUT2D eigenvalue weighted by Gasteiger charge is -2.30. The molecule has 15 heavy (non-hydrogen) atoms. The molecule has 4 nitrogen and oxygen atoms in total. The minimum atomic E-state index is -0.763. The summed E-state index contributed by atoms with van der Waals surface area (Å²) in [6, 6.07) is 0. The van der Waals surface area contributed by atoms with Crippen molar-refractivity contribution in [1.29, 1.82) is 0 Å². The molecule has 0 saturated carbocycles. The Morgan fingerprint density at radius 1 is 1.60 bits per heavy atom. The molecule has 1 heterocycles. The molecule has 0 aromatic rings. The molecular formula is C11H23N3O. The van der Waals surface area contributed by atoms with Crippen LogP contribution in [0.25, 0.3) is 0 Å². The predicted octanol–water partition coefficient (Wildman–Crippen LogP) is 0.182. The number of hydrogen-bond acceptors (Lipinski definition) is 3. The van der Waals surface area contributed by atoms with Gasteiger partial charge in [0.1, 0.15) is 0 Å². The summed E-state index contributed by atoms with van der Waals surface area (Å²) in [5.41, 5.74) is 4.94. The molecule has 1 fully saturated rings. The number of carbonyl (C=O) groups excluding carboxylic acids is 1. The molecule has 1 saturated heterocycles. The summed E-state index contributed by atoms with van der Waals surface area (Å²) >= 11 is 0. The molecule has 1 unspecified atom stereocenters. The van der Waals surface area contributed by atoms with E-state index in [2.05, 4.69) is 17.3 Å². The number of nitrogens with two attached hydrogens (primary N) is 1. The van der Waals surface area contributed by atoms with Gasteiger partial charge in [0.15, 0.2) is 0 Å². The van der Waals surface area contributed by atoms with Crippen molar-refractivity contribution in [3.8, 4) is 0 Å². The molecule has 1 rings (SSSR count). The predicted molar refractivity (Wildman–Crippen MR) is 61.5 cm³/mol. The van der Waals surface area contributed by atoms with Gasteiger partial charge >= 0.3 is 0 Å². The fourth-order valence-electron chi connectivity index (χ4n) is 1.90. The van der Waals surface area contributed by atoms with Gasteiger partial charge in [-0.15, -0.1) is 0 Å². The third-order valence-corrected chi connectivity index (χ3v) is 2.86. The molecule has 1 amide bonds. The molecule has 3 N–H and O–H groups in total. The third kappa shape index (κ3) is 4.18. The summed E-state index contributed by atoms with van der Waals surface area (Å²) in [4.78, 5) is 13.9. The lowest BCUT2D eigenvalue weighted by atomic mass is 9.98. The molecule has 0 aromatic heterocycles. The first-order valence-corrected chi connectivity index (χ1v) is 5.65. The van der Waals surface area contributed by atoms with E-state index in [0.29, 0.717) is 5.92 Å². The largest absolute Gasteiger partial charge is 0.354 e. The second-order valence-electron chi connectivity index (χ2n) is 5.20. The quantitative estimate of drug-likeness (QED) is 0.703. The van der Waals surface area contributed by atoms with Crippen LogP contribution in [0.4, 0.5) is 0 Å². The Kier molecular flexibility index (Phi) is 4.11. The second kappa shape index (κ2) is 4.94. The molecule has 4 heteroatoms. The number of amides is 1. The van der Waals surface area contributed by atoms with Crippen LogP contribution in [0.1, 0.15) is 26.7 Å². The monoisotopic (exact) mass is 213 g/mol. The summed E-state index contributed by atoms with van der Waals surface area (Å²) in [7, 11) is 2.13. The molecule has 0 aliphatic carbocycles. The van der Waals surface area contributed by atoms with E-state index < -0.39 is 5.54 Å². The number of hydrogen-bond donors (Lipinski definition) is 2. The SMILES string of the molecule is CN1CCCC(CNC(=O)C(C)(C)N)C1. The maximum atomic E-state index is 11.5. The molecule has 1 aliphatic heterocycles. The lowest BCUT2D eigenvalue weighted by molar-refractivity contribution is -0.125. The Balaban J connectivity index is 2.28.